The van der Waals surface area contributed by atoms with Gasteiger partial charge in [-0.1, -0.05) is 44.6 Å². The summed E-state index contributed by atoms with van der Waals surface area (Å²) in [6.07, 6.45) is 7.60. The number of hydrogen-bond acceptors (Lipinski definition) is 3. The Hall–Kier alpha value is -1.84. The number of nitrogens with one attached hydrogen (secondary N) is 1. The molecule has 0 aromatic heterocycles. The van der Waals surface area contributed by atoms with E-state index in [0.29, 0.717) is 5.57 Å². The van der Waals surface area contributed by atoms with Crippen molar-refractivity contribution in [3.8, 4) is 0 Å². The van der Waals surface area contributed by atoms with Gasteiger partial charge in [-0.25, -0.2) is 0 Å². The zero-order valence-corrected chi connectivity index (χ0v) is 14.8. The smallest absolute Gasteiger partial charge is 0.325 e. The molecule has 0 bridgehead atoms. The van der Waals surface area contributed by atoms with Gasteiger partial charge in [0.15, 0.2) is 0 Å². The van der Waals surface area contributed by atoms with Crippen LogP contribution < -0.4 is 5.32 Å². The Bertz CT molecular complexity index is 479. The third-order valence-electron chi connectivity index (χ3n) is 2.57. The van der Waals surface area contributed by atoms with Gasteiger partial charge >= 0.3 is 5.97 Å². The van der Waals surface area contributed by atoms with Crippen LogP contribution in [0.4, 0.5) is 0 Å². The van der Waals surface area contributed by atoms with Gasteiger partial charge in [0.05, 0.1) is 0 Å². The summed E-state index contributed by atoms with van der Waals surface area (Å²) in [7, 11) is 0. The van der Waals surface area contributed by atoms with Crippen LogP contribution in [0.15, 0.2) is 35.5 Å². The molecule has 1 unspecified atom stereocenters. The molecule has 0 radical (unpaired) electrons. The molecule has 0 saturated heterocycles. The minimum atomic E-state index is -0.543. The molecule has 0 aromatic carbocycles. The second-order valence-corrected chi connectivity index (χ2v) is 5.99. The van der Waals surface area contributed by atoms with E-state index in [9.17, 15) is 9.59 Å². The molecule has 0 heterocycles. The van der Waals surface area contributed by atoms with Crippen molar-refractivity contribution in [3.05, 3.63) is 35.5 Å². The maximum Gasteiger partial charge on any atom is 0.325 e. The molecule has 1 aliphatic carbocycles. The van der Waals surface area contributed by atoms with Crippen molar-refractivity contribution in [3.63, 3.8) is 0 Å². The van der Waals surface area contributed by atoms with Crippen LogP contribution in [0.2, 0.25) is 0 Å². The van der Waals surface area contributed by atoms with Crippen LogP contribution >= 0.6 is 0 Å². The maximum atomic E-state index is 12.0. The monoisotopic (exact) mass is 307 g/mol. The van der Waals surface area contributed by atoms with Crippen LogP contribution in [0.25, 0.3) is 0 Å². The lowest BCUT2D eigenvalue weighted by Crippen LogP contribution is -2.35. The van der Waals surface area contributed by atoms with Gasteiger partial charge in [0.1, 0.15) is 12.1 Å². The molecule has 0 aromatic rings. The van der Waals surface area contributed by atoms with Crippen LogP contribution in [0.1, 0.15) is 48.5 Å². The average molecular weight is 307 g/mol. The normalized spacial score (nSPS) is 17.3. The van der Waals surface area contributed by atoms with Crippen LogP contribution in [-0.4, -0.2) is 24.0 Å². The third kappa shape index (κ3) is 8.45. The second kappa shape index (κ2) is 9.23. The highest BCUT2D eigenvalue weighted by Crippen LogP contribution is 2.15. The van der Waals surface area contributed by atoms with Gasteiger partial charge in [0.2, 0.25) is 0 Å². The topological polar surface area (TPSA) is 55.4 Å². The highest BCUT2D eigenvalue weighted by Gasteiger charge is 2.17. The molecular weight excluding hydrogens is 278 g/mol. The van der Waals surface area contributed by atoms with E-state index in [1.165, 1.54) is 0 Å². The lowest BCUT2D eigenvalue weighted by Gasteiger charge is -2.19. The summed E-state index contributed by atoms with van der Waals surface area (Å²) in [6.45, 7) is 13.3. The van der Waals surface area contributed by atoms with E-state index in [0.717, 1.165) is 5.57 Å². The van der Waals surface area contributed by atoms with Crippen molar-refractivity contribution < 1.29 is 14.3 Å². The van der Waals surface area contributed by atoms with E-state index in [1.807, 2.05) is 39.8 Å². The molecule has 1 atom stereocenters. The summed E-state index contributed by atoms with van der Waals surface area (Å²) in [5.41, 5.74) is 1.14. The van der Waals surface area contributed by atoms with Crippen LogP contribution in [-0.2, 0) is 14.3 Å². The van der Waals surface area contributed by atoms with E-state index in [4.69, 9.17) is 4.74 Å². The fourth-order valence-corrected chi connectivity index (χ4v) is 1.86. The molecule has 0 saturated carbocycles. The third-order valence-corrected chi connectivity index (χ3v) is 2.57. The van der Waals surface area contributed by atoms with E-state index >= 15 is 0 Å². The summed E-state index contributed by atoms with van der Waals surface area (Å²) in [5, 5.41) is 2.58. The number of carbonyl (C=O) groups is 2. The van der Waals surface area contributed by atoms with E-state index in [-0.39, 0.29) is 18.4 Å². The number of allylic oxidation sites excluding steroid dienone is 4. The van der Waals surface area contributed by atoms with E-state index in [2.05, 4.69) is 11.4 Å². The molecule has 4 heteroatoms. The highest BCUT2D eigenvalue weighted by molar-refractivity contribution is 5.98. The van der Waals surface area contributed by atoms with Gasteiger partial charge in [-0.05, 0) is 39.7 Å². The quantitative estimate of drug-likeness (QED) is 0.811. The van der Waals surface area contributed by atoms with Crippen molar-refractivity contribution >= 4 is 11.9 Å². The van der Waals surface area contributed by atoms with Gasteiger partial charge in [-0.3, -0.25) is 9.59 Å². The number of amides is 1. The predicted octanol–water partition coefficient (Wildman–Crippen LogP) is 3.55. The summed E-state index contributed by atoms with van der Waals surface area (Å²) >= 11 is 0. The summed E-state index contributed by atoms with van der Waals surface area (Å²) in [6, 6.07) is 0. The van der Waals surface area contributed by atoms with Crippen LogP contribution in [0.5, 0.6) is 0 Å². The number of rotatable bonds is 3. The fourth-order valence-electron chi connectivity index (χ4n) is 1.86. The first-order chi connectivity index (χ1) is 10.2. The average Bonchev–Trinajstić information content (AvgIpc) is 2.57. The first-order valence-corrected chi connectivity index (χ1v) is 7.76. The van der Waals surface area contributed by atoms with E-state index in [1.54, 1.807) is 26.8 Å². The minimum Gasteiger partial charge on any atom is -0.459 e. The summed E-state index contributed by atoms with van der Waals surface area (Å²) in [5.74, 6) is -0.513. The van der Waals surface area contributed by atoms with E-state index < -0.39 is 11.6 Å². The Morgan fingerprint density at radius 2 is 1.77 bits per heavy atom. The first kappa shape index (κ1) is 20.2. The van der Waals surface area contributed by atoms with Crippen LogP contribution in [0.3, 0.4) is 0 Å². The molecular formula is C18H29NO3. The molecule has 1 aliphatic rings. The Labute approximate surface area is 134 Å². The van der Waals surface area contributed by atoms with Crippen molar-refractivity contribution in [1.29, 1.82) is 0 Å². The van der Waals surface area contributed by atoms with Gasteiger partial charge in [0.25, 0.3) is 5.91 Å². The second-order valence-electron chi connectivity index (χ2n) is 5.99. The largest absolute Gasteiger partial charge is 0.459 e. The summed E-state index contributed by atoms with van der Waals surface area (Å²) < 4.78 is 5.14. The number of ether oxygens (including phenoxy) is 1. The maximum absolute atomic E-state index is 12.0. The zero-order chi connectivity index (χ0) is 17.3. The Balaban J connectivity index is 0.00000211. The zero-order valence-electron chi connectivity index (χ0n) is 14.8. The molecule has 1 N–H and O–H groups in total. The molecule has 4 nitrogen and oxygen atoms in total. The van der Waals surface area contributed by atoms with Crippen molar-refractivity contribution in [2.45, 2.75) is 54.1 Å². The Kier molecular flexibility index (Phi) is 8.46. The predicted molar refractivity (Wildman–Crippen MR) is 90.3 cm³/mol. The minimum absolute atomic E-state index is 0.123. The van der Waals surface area contributed by atoms with Gasteiger partial charge in [-0.15, -0.1) is 0 Å². The number of hydrogen-bond donors (Lipinski definition) is 1. The van der Waals surface area contributed by atoms with Crippen molar-refractivity contribution in [2.24, 2.45) is 5.92 Å². The molecule has 0 fully saturated rings. The van der Waals surface area contributed by atoms with Crippen molar-refractivity contribution in [1.82, 2.24) is 5.32 Å². The molecule has 1 amide bonds. The Morgan fingerprint density at radius 3 is 2.32 bits per heavy atom. The molecule has 0 aliphatic heterocycles. The number of esters is 1. The molecule has 124 valence electrons. The Morgan fingerprint density at radius 1 is 1.18 bits per heavy atom. The molecule has 1 rings (SSSR count). The number of carbonyl (C=O) groups excluding carboxylic acids is 2. The van der Waals surface area contributed by atoms with Crippen molar-refractivity contribution in [2.75, 3.05) is 6.54 Å². The summed E-state index contributed by atoms with van der Waals surface area (Å²) in [4.78, 5) is 23.6. The first-order valence-electron chi connectivity index (χ1n) is 7.76. The van der Waals surface area contributed by atoms with Gasteiger partial charge < -0.3 is 10.1 Å². The lowest BCUT2D eigenvalue weighted by molar-refractivity contribution is -0.154. The van der Waals surface area contributed by atoms with Gasteiger partial charge in [0, 0.05) is 5.57 Å². The molecule has 22 heavy (non-hydrogen) atoms. The van der Waals surface area contributed by atoms with Gasteiger partial charge in [-0.2, -0.15) is 0 Å². The molecule has 0 spiro atoms. The van der Waals surface area contributed by atoms with Crippen LogP contribution in [0, 0.1) is 5.92 Å². The fraction of sp³-hybridized carbons (Fsp3) is 0.556. The highest BCUT2D eigenvalue weighted by atomic mass is 16.6. The SMILES string of the molecule is CC.CC1=CC(C)C=C(C(=O)NCC(=O)OC(C)(C)C)C=C1. The standard InChI is InChI=1S/C16H23NO3.C2H6/c1-11-6-7-13(9-12(2)8-11)15(19)17-10-14(18)20-16(3,4)5;1-2/h6-9,12H,10H2,1-5H3,(H,17,19);1-2H3. The lowest BCUT2D eigenvalue weighted by atomic mass is 10.1.